The molecule has 1 aliphatic rings. The lowest BCUT2D eigenvalue weighted by molar-refractivity contribution is -0.111. The Kier molecular flexibility index (Phi) is 7.34. The third-order valence-electron chi connectivity index (χ3n) is 5.47. The van der Waals surface area contributed by atoms with Crippen molar-refractivity contribution in [3.05, 3.63) is 70.1 Å². The number of aryl methyl sites for hydroxylation is 1. The van der Waals surface area contributed by atoms with Crippen LogP contribution in [0.5, 0.6) is 0 Å². The van der Waals surface area contributed by atoms with Crippen molar-refractivity contribution in [2.45, 2.75) is 25.8 Å². The Bertz CT molecular complexity index is 1240. The molecular formula is C24H24N6O3S. The number of carbonyl (C=O) groups excluding carboxylic acids is 2. The molecule has 0 aliphatic heterocycles. The summed E-state index contributed by atoms with van der Waals surface area (Å²) in [6, 6.07) is 5.89. The number of hydrogen-bond donors (Lipinski definition) is 2. The minimum Gasteiger partial charge on any atom is -0.449 e. The number of ether oxygens (including phenoxy) is 1. The van der Waals surface area contributed by atoms with Crippen LogP contribution in [0.4, 0.5) is 9.80 Å². The summed E-state index contributed by atoms with van der Waals surface area (Å²) < 4.78 is 7.08. The molecule has 174 valence electrons. The van der Waals surface area contributed by atoms with Gasteiger partial charge < -0.3 is 15.4 Å². The summed E-state index contributed by atoms with van der Waals surface area (Å²) in [5.74, 6) is -0.139. The summed E-state index contributed by atoms with van der Waals surface area (Å²) in [6.07, 6.45) is 11.7. The van der Waals surface area contributed by atoms with E-state index in [1.54, 1.807) is 35.4 Å². The number of nitriles is 1. The van der Waals surface area contributed by atoms with Gasteiger partial charge in [-0.15, -0.1) is 11.3 Å². The molecule has 1 aliphatic carbocycles. The molecule has 3 aromatic rings. The molecule has 9 nitrogen and oxygen atoms in total. The third-order valence-corrected chi connectivity index (χ3v) is 6.64. The van der Waals surface area contributed by atoms with E-state index in [9.17, 15) is 14.9 Å². The van der Waals surface area contributed by atoms with E-state index in [2.05, 4.69) is 26.8 Å². The van der Waals surface area contributed by atoms with Crippen molar-refractivity contribution in [3.63, 3.8) is 0 Å². The number of alkyl carbamates (subject to hydrolysis) is 1. The summed E-state index contributed by atoms with van der Waals surface area (Å²) in [7, 11) is 1.82. The first-order valence-electron chi connectivity index (χ1n) is 10.8. The average Bonchev–Trinajstić information content (AvgIpc) is 3.42. The van der Waals surface area contributed by atoms with Crippen LogP contribution in [-0.4, -0.2) is 33.4 Å². The molecule has 1 atom stereocenters. The normalized spacial score (nSPS) is 14.9. The maximum atomic E-state index is 12.4. The van der Waals surface area contributed by atoms with Crippen LogP contribution >= 0.6 is 11.3 Å². The molecule has 0 bridgehead atoms. The van der Waals surface area contributed by atoms with Gasteiger partial charge >= 0.3 is 6.09 Å². The molecular weight excluding hydrogens is 452 g/mol. The number of hydrogen-bond acceptors (Lipinski definition) is 7. The van der Waals surface area contributed by atoms with Crippen LogP contribution in [-0.2, 0) is 36.0 Å². The van der Waals surface area contributed by atoms with Crippen molar-refractivity contribution >= 4 is 34.4 Å². The number of fused-ring (bicyclic) bond motifs is 1. The highest BCUT2D eigenvalue weighted by Crippen LogP contribution is 2.39. The molecule has 0 fully saturated rings. The highest BCUT2D eigenvalue weighted by molar-refractivity contribution is 7.16. The molecule has 10 heteroatoms. The van der Waals surface area contributed by atoms with E-state index in [0.29, 0.717) is 36.6 Å². The fourth-order valence-electron chi connectivity index (χ4n) is 3.78. The fourth-order valence-corrected chi connectivity index (χ4v) is 5.10. The van der Waals surface area contributed by atoms with Gasteiger partial charge in [-0.05, 0) is 48.4 Å². The summed E-state index contributed by atoms with van der Waals surface area (Å²) in [5.41, 5.74) is 3.22. The molecule has 1 unspecified atom stereocenters. The van der Waals surface area contributed by atoms with Crippen molar-refractivity contribution in [1.82, 2.24) is 20.1 Å². The Hall–Kier alpha value is -3.97. The van der Waals surface area contributed by atoms with E-state index in [1.807, 2.05) is 19.3 Å². The zero-order chi connectivity index (χ0) is 23.9. The van der Waals surface area contributed by atoms with Crippen molar-refractivity contribution in [1.29, 1.82) is 5.26 Å². The van der Waals surface area contributed by atoms with Gasteiger partial charge in [0, 0.05) is 48.7 Å². The highest BCUT2D eigenvalue weighted by atomic mass is 32.1. The van der Waals surface area contributed by atoms with Gasteiger partial charge in [0.2, 0.25) is 5.91 Å². The Morgan fingerprint density at radius 3 is 3.03 bits per heavy atom. The van der Waals surface area contributed by atoms with Crippen LogP contribution in [0.2, 0.25) is 0 Å². The number of nitrogens with zero attached hydrogens (tertiary/aromatic N) is 4. The van der Waals surface area contributed by atoms with E-state index < -0.39 is 6.09 Å². The largest absolute Gasteiger partial charge is 0.449 e. The Morgan fingerprint density at radius 2 is 2.29 bits per heavy atom. The van der Waals surface area contributed by atoms with Crippen LogP contribution in [0.1, 0.15) is 33.6 Å². The minimum absolute atomic E-state index is 0.163. The predicted octanol–water partition coefficient (Wildman–Crippen LogP) is 3.43. The lowest BCUT2D eigenvalue weighted by atomic mass is 9.88. The van der Waals surface area contributed by atoms with E-state index in [1.165, 1.54) is 17.4 Å². The molecule has 0 saturated heterocycles. The van der Waals surface area contributed by atoms with Crippen LogP contribution in [0.25, 0.3) is 6.08 Å². The van der Waals surface area contributed by atoms with E-state index >= 15 is 0 Å². The zero-order valence-corrected chi connectivity index (χ0v) is 19.5. The van der Waals surface area contributed by atoms with Gasteiger partial charge in [-0.3, -0.25) is 14.5 Å². The number of carbonyl (C=O) groups is 2. The lowest BCUT2D eigenvalue weighted by Gasteiger charge is -2.21. The Labute approximate surface area is 201 Å². The first-order chi connectivity index (χ1) is 16.5. The molecule has 3 heterocycles. The molecule has 2 amide bonds. The monoisotopic (exact) mass is 476 g/mol. The molecule has 3 aromatic heterocycles. The number of nitrogens with one attached hydrogen (secondary N) is 2. The topological polar surface area (TPSA) is 122 Å². The van der Waals surface area contributed by atoms with Gasteiger partial charge in [0.1, 0.15) is 11.1 Å². The lowest BCUT2D eigenvalue weighted by Crippen LogP contribution is -2.27. The molecule has 2 N–H and O–H groups in total. The number of aromatic nitrogens is 3. The van der Waals surface area contributed by atoms with Crippen LogP contribution in [0.3, 0.4) is 0 Å². The Balaban J connectivity index is 1.31. The maximum absolute atomic E-state index is 12.4. The number of thiophene rings is 1. The zero-order valence-electron chi connectivity index (χ0n) is 18.7. The van der Waals surface area contributed by atoms with E-state index in [-0.39, 0.29) is 11.8 Å². The number of rotatable bonds is 7. The van der Waals surface area contributed by atoms with E-state index in [4.69, 9.17) is 4.74 Å². The quantitative estimate of drug-likeness (QED) is 0.504. The Morgan fingerprint density at radius 1 is 1.41 bits per heavy atom. The number of amides is 2. The summed E-state index contributed by atoms with van der Waals surface area (Å²) in [6.45, 7) is 0.657. The number of pyridine rings is 1. The molecule has 34 heavy (non-hydrogen) atoms. The summed E-state index contributed by atoms with van der Waals surface area (Å²) >= 11 is 1.42. The van der Waals surface area contributed by atoms with Gasteiger partial charge in [-0.1, -0.05) is 6.07 Å². The van der Waals surface area contributed by atoms with E-state index in [0.717, 1.165) is 28.0 Å². The van der Waals surface area contributed by atoms with Gasteiger partial charge in [0.15, 0.2) is 0 Å². The van der Waals surface area contributed by atoms with Crippen LogP contribution in [0.15, 0.2) is 43.0 Å². The van der Waals surface area contributed by atoms with Gasteiger partial charge in [-0.25, -0.2) is 4.79 Å². The second kappa shape index (κ2) is 10.8. The second-order valence-electron chi connectivity index (χ2n) is 8.01. The standard InChI is InChI=1S/C24H24N6O3S/c1-30-14-18(13-28-30)12-27-24(32)33-15-17-4-6-19-20(10-25)23(34-21(19)9-17)29-22(31)7-5-16-3-2-8-26-11-16/h2-3,5,7-8,11,13-14,17H,4,6,9,12,15H2,1H3,(H,27,32)(H,29,31)/b7-5+. The first kappa shape index (κ1) is 23.2. The average molecular weight is 477 g/mol. The molecule has 4 rings (SSSR count). The van der Waals surface area contributed by atoms with Crippen molar-refractivity contribution in [3.8, 4) is 6.07 Å². The maximum Gasteiger partial charge on any atom is 0.407 e. The third kappa shape index (κ3) is 5.88. The second-order valence-corrected chi connectivity index (χ2v) is 9.12. The van der Waals surface area contributed by atoms with Gasteiger partial charge in [0.25, 0.3) is 0 Å². The smallest absolute Gasteiger partial charge is 0.407 e. The molecule has 0 saturated carbocycles. The predicted molar refractivity (Wildman–Crippen MR) is 128 cm³/mol. The summed E-state index contributed by atoms with van der Waals surface area (Å²) in [4.78, 5) is 29.5. The van der Waals surface area contributed by atoms with Crippen molar-refractivity contribution in [2.24, 2.45) is 13.0 Å². The number of anilines is 1. The molecule has 0 aromatic carbocycles. The minimum atomic E-state index is -0.466. The summed E-state index contributed by atoms with van der Waals surface area (Å²) in [5, 5.41) is 19.9. The van der Waals surface area contributed by atoms with Crippen molar-refractivity contribution in [2.75, 3.05) is 11.9 Å². The highest BCUT2D eigenvalue weighted by Gasteiger charge is 2.27. The van der Waals surface area contributed by atoms with Gasteiger partial charge in [0.05, 0.1) is 18.4 Å². The first-order valence-corrected chi connectivity index (χ1v) is 11.7. The fraction of sp³-hybridized carbons (Fsp3) is 0.292. The molecule has 0 spiro atoms. The van der Waals surface area contributed by atoms with Crippen LogP contribution in [0, 0.1) is 17.2 Å². The SMILES string of the molecule is Cn1cc(CNC(=O)OCC2CCc3c(sc(NC(=O)/C=C/c4cccnc4)c3C#N)C2)cn1. The van der Waals surface area contributed by atoms with Crippen molar-refractivity contribution < 1.29 is 14.3 Å². The molecule has 0 radical (unpaired) electrons. The van der Waals surface area contributed by atoms with Gasteiger partial charge in [-0.2, -0.15) is 10.4 Å². The van der Waals surface area contributed by atoms with Crippen LogP contribution < -0.4 is 10.6 Å².